The third-order valence-corrected chi connectivity index (χ3v) is 8.14. The van der Waals surface area contributed by atoms with Gasteiger partial charge in [0.1, 0.15) is 18.0 Å². The summed E-state index contributed by atoms with van der Waals surface area (Å²) in [4.78, 5) is 16.8. The Labute approximate surface area is 251 Å². The van der Waals surface area contributed by atoms with Gasteiger partial charge in [0.25, 0.3) is 0 Å². The van der Waals surface area contributed by atoms with Crippen LogP contribution < -0.4 is 4.74 Å². The van der Waals surface area contributed by atoms with Crippen LogP contribution in [0.15, 0.2) is 72.8 Å². The van der Waals surface area contributed by atoms with Crippen molar-refractivity contribution in [3.63, 3.8) is 0 Å². The van der Waals surface area contributed by atoms with Crippen molar-refractivity contribution in [3.8, 4) is 11.5 Å². The standard InChI is InChI=1S/C33H33NO10/c35-14-19(11-18-5-8-23(38)9-6-18)16-42-29-30(44-33(41,17-37)31(29)39)32(40)43-28-26(15-36)34-25-10-7-22-12-20-3-1-2-4-21(20)13-24(22)27(25)28/h1-10,12-13,19,29-31,34-39,41H,11,14-17H2/t19-,29+,30-,31-,33+/m1/s1. The van der Waals surface area contributed by atoms with Gasteiger partial charge in [0, 0.05) is 12.5 Å². The predicted octanol–water partition coefficient (Wildman–Crippen LogP) is 2.25. The molecule has 230 valence electrons. The molecule has 1 aromatic heterocycles. The van der Waals surface area contributed by atoms with Crippen LogP contribution >= 0.6 is 0 Å². The minimum absolute atomic E-state index is 0.0604. The number of aromatic amines is 1. The molecule has 5 atom stereocenters. The molecule has 1 aliphatic heterocycles. The first-order valence-corrected chi connectivity index (χ1v) is 14.2. The Bertz CT molecular complexity index is 1800. The summed E-state index contributed by atoms with van der Waals surface area (Å²) in [5.74, 6) is -3.84. The van der Waals surface area contributed by atoms with Gasteiger partial charge in [0.05, 0.1) is 36.4 Å². The highest BCUT2D eigenvalue weighted by molar-refractivity contribution is 6.14. The largest absolute Gasteiger partial charge is 0.508 e. The summed E-state index contributed by atoms with van der Waals surface area (Å²) in [6.07, 6.45) is -4.60. The maximum atomic E-state index is 13.7. The minimum Gasteiger partial charge on any atom is -0.508 e. The van der Waals surface area contributed by atoms with Gasteiger partial charge in [-0.1, -0.05) is 42.5 Å². The van der Waals surface area contributed by atoms with Gasteiger partial charge < -0.3 is 49.8 Å². The number of H-pyrrole nitrogens is 1. The van der Waals surface area contributed by atoms with Crippen molar-refractivity contribution in [3.05, 3.63) is 84.1 Å². The number of ether oxygens (including phenoxy) is 3. The van der Waals surface area contributed by atoms with Crippen LogP contribution in [0.4, 0.5) is 0 Å². The van der Waals surface area contributed by atoms with Gasteiger partial charge in [-0.15, -0.1) is 0 Å². The van der Waals surface area contributed by atoms with Crippen LogP contribution in [0.25, 0.3) is 32.4 Å². The molecule has 0 amide bonds. The van der Waals surface area contributed by atoms with Crippen molar-refractivity contribution in [2.24, 2.45) is 5.92 Å². The van der Waals surface area contributed by atoms with Gasteiger partial charge >= 0.3 is 5.97 Å². The molecule has 11 nitrogen and oxygen atoms in total. The van der Waals surface area contributed by atoms with Crippen molar-refractivity contribution >= 4 is 38.4 Å². The van der Waals surface area contributed by atoms with Gasteiger partial charge in [-0.05, 0) is 63.9 Å². The number of phenols is 1. The van der Waals surface area contributed by atoms with Crippen LogP contribution in [-0.4, -0.2) is 85.5 Å². The molecular weight excluding hydrogens is 570 g/mol. The van der Waals surface area contributed by atoms with E-state index >= 15 is 0 Å². The van der Waals surface area contributed by atoms with E-state index in [1.165, 1.54) is 12.1 Å². The summed E-state index contributed by atoms with van der Waals surface area (Å²) in [6, 6.07) is 22.0. The maximum Gasteiger partial charge on any atom is 0.343 e. The van der Waals surface area contributed by atoms with E-state index in [0.29, 0.717) is 17.3 Å². The zero-order valence-electron chi connectivity index (χ0n) is 23.6. The van der Waals surface area contributed by atoms with Crippen LogP contribution in [0.3, 0.4) is 0 Å². The van der Waals surface area contributed by atoms with Gasteiger partial charge in [0.15, 0.2) is 11.9 Å². The van der Waals surface area contributed by atoms with Gasteiger partial charge in [0.2, 0.25) is 5.79 Å². The number of esters is 1. The monoisotopic (exact) mass is 603 g/mol. The SMILES string of the molecule is O=C(Oc1c(CO)[nH]c2ccc3cc4ccccc4cc3c12)[C@@H]1O[C@@](O)(CO)[C@H](O)[C@H]1OC[C@@H](CO)Cc1ccc(O)cc1. The Morgan fingerprint density at radius 2 is 1.70 bits per heavy atom. The number of phenolic OH excluding ortho intramolecular Hbond substituents is 1. The number of benzene rings is 4. The first kappa shape index (κ1) is 30.0. The zero-order chi connectivity index (χ0) is 31.0. The number of aromatic hydroxyl groups is 1. The highest BCUT2D eigenvalue weighted by Gasteiger charge is 2.57. The summed E-state index contributed by atoms with van der Waals surface area (Å²) >= 11 is 0. The van der Waals surface area contributed by atoms with E-state index < -0.39 is 49.2 Å². The molecule has 11 heteroatoms. The Hall–Kier alpha value is -4.07. The molecule has 7 N–H and O–H groups in total. The third-order valence-electron chi connectivity index (χ3n) is 8.14. The molecule has 4 aromatic carbocycles. The van der Waals surface area contributed by atoms with Crippen molar-refractivity contribution < 1.29 is 49.6 Å². The Kier molecular flexibility index (Phi) is 8.27. The zero-order valence-corrected chi connectivity index (χ0v) is 23.6. The van der Waals surface area contributed by atoms with E-state index in [2.05, 4.69) is 4.98 Å². The van der Waals surface area contributed by atoms with Crippen molar-refractivity contribution in [1.82, 2.24) is 4.98 Å². The number of hydrogen-bond acceptors (Lipinski definition) is 10. The highest BCUT2D eigenvalue weighted by atomic mass is 16.7. The number of aromatic nitrogens is 1. The summed E-state index contributed by atoms with van der Waals surface area (Å²) in [5, 5.41) is 65.2. The second-order valence-corrected chi connectivity index (χ2v) is 11.1. The summed E-state index contributed by atoms with van der Waals surface area (Å²) in [6.45, 7) is -1.93. The molecule has 6 rings (SSSR count). The molecule has 0 radical (unpaired) electrons. The molecular formula is C33H33NO10. The molecule has 44 heavy (non-hydrogen) atoms. The number of aliphatic hydroxyl groups is 5. The lowest BCUT2D eigenvalue weighted by Gasteiger charge is -2.25. The van der Waals surface area contributed by atoms with Crippen molar-refractivity contribution in [2.75, 3.05) is 19.8 Å². The molecule has 1 saturated heterocycles. The summed E-state index contributed by atoms with van der Waals surface area (Å²) < 4.78 is 17.2. The van der Waals surface area contributed by atoms with E-state index in [4.69, 9.17) is 14.2 Å². The Morgan fingerprint density at radius 3 is 2.39 bits per heavy atom. The molecule has 5 aromatic rings. The second kappa shape index (κ2) is 12.1. The van der Waals surface area contributed by atoms with Crippen LogP contribution in [0.5, 0.6) is 11.5 Å². The topological polar surface area (TPSA) is 182 Å². The number of aliphatic hydroxyl groups excluding tert-OH is 4. The number of rotatable bonds is 10. The maximum absolute atomic E-state index is 13.7. The van der Waals surface area contributed by atoms with Crippen LogP contribution in [-0.2, 0) is 27.3 Å². The number of carbonyl (C=O) groups is 1. The second-order valence-electron chi connectivity index (χ2n) is 11.1. The average Bonchev–Trinajstić information content (AvgIpc) is 3.53. The minimum atomic E-state index is -2.51. The van der Waals surface area contributed by atoms with Crippen molar-refractivity contribution in [2.45, 2.75) is 37.1 Å². The summed E-state index contributed by atoms with van der Waals surface area (Å²) in [5.41, 5.74) is 1.66. The molecule has 1 fully saturated rings. The van der Waals surface area contributed by atoms with Crippen LogP contribution in [0, 0.1) is 5.92 Å². The van der Waals surface area contributed by atoms with E-state index in [1.54, 1.807) is 12.1 Å². The lowest BCUT2D eigenvalue weighted by molar-refractivity contribution is -0.246. The number of hydrogen-bond donors (Lipinski definition) is 7. The number of carbonyl (C=O) groups excluding carboxylic acids is 1. The molecule has 2 heterocycles. The molecule has 0 spiro atoms. The molecule has 0 unspecified atom stereocenters. The normalized spacial score (nSPS) is 22.6. The van der Waals surface area contributed by atoms with E-state index in [0.717, 1.165) is 27.1 Å². The Morgan fingerprint density at radius 1 is 0.977 bits per heavy atom. The van der Waals surface area contributed by atoms with Crippen LogP contribution in [0.2, 0.25) is 0 Å². The van der Waals surface area contributed by atoms with E-state index in [-0.39, 0.29) is 30.4 Å². The lowest BCUT2D eigenvalue weighted by Crippen LogP contribution is -2.47. The fraction of sp³-hybridized carbons (Fsp3) is 0.303. The highest BCUT2D eigenvalue weighted by Crippen LogP contribution is 2.39. The first-order chi connectivity index (χ1) is 21.2. The summed E-state index contributed by atoms with van der Waals surface area (Å²) in [7, 11) is 0. The van der Waals surface area contributed by atoms with Gasteiger partial charge in [-0.2, -0.15) is 0 Å². The smallest absolute Gasteiger partial charge is 0.343 e. The Balaban J connectivity index is 1.30. The average molecular weight is 604 g/mol. The third kappa shape index (κ3) is 5.51. The number of nitrogens with one attached hydrogen (secondary N) is 1. The lowest BCUT2D eigenvalue weighted by atomic mass is 10.00. The van der Waals surface area contributed by atoms with Gasteiger partial charge in [-0.3, -0.25) is 0 Å². The van der Waals surface area contributed by atoms with E-state index in [9.17, 15) is 35.4 Å². The van der Waals surface area contributed by atoms with Gasteiger partial charge in [-0.25, -0.2) is 4.79 Å². The fourth-order valence-electron chi connectivity index (χ4n) is 5.77. The van der Waals surface area contributed by atoms with Crippen LogP contribution in [0.1, 0.15) is 11.3 Å². The molecule has 0 saturated carbocycles. The fourth-order valence-corrected chi connectivity index (χ4v) is 5.77. The predicted molar refractivity (Wildman–Crippen MR) is 160 cm³/mol. The molecule has 1 aliphatic rings. The molecule has 0 aliphatic carbocycles. The molecule has 0 bridgehead atoms. The van der Waals surface area contributed by atoms with E-state index in [1.807, 2.05) is 48.5 Å². The quantitative estimate of drug-likeness (QED) is 0.0924. The number of fused-ring (bicyclic) bond motifs is 4. The first-order valence-electron chi connectivity index (χ1n) is 14.2. The van der Waals surface area contributed by atoms with Crippen molar-refractivity contribution in [1.29, 1.82) is 0 Å².